The number of amides is 1. The third kappa shape index (κ3) is 3.17. The Morgan fingerprint density at radius 1 is 1.59 bits per heavy atom. The molecule has 2 rings (SSSR count). The van der Waals surface area contributed by atoms with Gasteiger partial charge in [0.25, 0.3) is 0 Å². The van der Waals surface area contributed by atoms with E-state index in [-0.39, 0.29) is 11.8 Å². The van der Waals surface area contributed by atoms with E-state index >= 15 is 0 Å². The third-order valence-electron chi connectivity index (χ3n) is 3.16. The molecule has 1 aromatic heterocycles. The Labute approximate surface area is 101 Å². The van der Waals surface area contributed by atoms with Gasteiger partial charge < -0.3 is 11.5 Å². The van der Waals surface area contributed by atoms with Gasteiger partial charge in [-0.05, 0) is 37.1 Å². The van der Waals surface area contributed by atoms with Gasteiger partial charge >= 0.3 is 0 Å². The van der Waals surface area contributed by atoms with Gasteiger partial charge in [0.1, 0.15) is 5.82 Å². The Kier molecular flexibility index (Phi) is 3.58. The number of aromatic nitrogens is 1. The van der Waals surface area contributed by atoms with Gasteiger partial charge in [-0.2, -0.15) is 0 Å². The molecule has 0 spiro atoms. The van der Waals surface area contributed by atoms with Crippen molar-refractivity contribution < 1.29 is 4.79 Å². The van der Waals surface area contributed by atoms with Gasteiger partial charge in [0, 0.05) is 19.3 Å². The number of pyridine rings is 1. The number of carbonyl (C=O) groups is 1. The van der Waals surface area contributed by atoms with Crippen molar-refractivity contribution in [1.29, 1.82) is 0 Å². The second-order valence-electron chi connectivity index (χ2n) is 4.57. The van der Waals surface area contributed by atoms with Crippen LogP contribution in [0.2, 0.25) is 0 Å². The Bertz CT molecular complexity index is 407. The van der Waals surface area contributed by atoms with Crippen LogP contribution in [0.3, 0.4) is 0 Å². The van der Waals surface area contributed by atoms with Crippen molar-refractivity contribution in [2.45, 2.75) is 19.4 Å². The summed E-state index contributed by atoms with van der Waals surface area (Å²) in [6.07, 6.45) is 3.64. The molecule has 1 unspecified atom stereocenters. The maximum atomic E-state index is 11.2. The van der Waals surface area contributed by atoms with Crippen LogP contribution in [0.25, 0.3) is 0 Å². The number of nitrogens with zero attached hydrogens (tertiary/aromatic N) is 2. The fourth-order valence-electron chi connectivity index (χ4n) is 2.28. The molecule has 1 aromatic rings. The molecule has 0 radical (unpaired) electrons. The third-order valence-corrected chi connectivity index (χ3v) is 3.16. The zero-order valence-corrected chi connectivity index (χ0v) is 9.80. The number of hydrogen-bond donors (Lipinski definition) is 2. The lowest BCUT2D eigenvalue weighted by molar-refractivity contribution is -0.123. The summed E-state index contributed by atoms with van der Waals surface area (Å²) in [7, 11) is 0. The van der Waals surface area contributed by atoms with Gasteiger partial charge in [0.2, 0.25) is 5.91 Å². The van der Waals surface area contributed by atoms with Gasteiger partial charge in [-0.25, -0.2) is 4.98 Å². The molecule has 1 fully saturated rings. The van der Waals surface area contributed by atoms with E-state index in [0.717, 1.165) is 38.0 Å². The van der Waals surface area contributed by atoms with Crippen molar-refractivity contribution >= 4 is 11.7 Å². The van der Waals surface area contributed by atoms with Crippen LogP contribution in [0.1, 0.15) is 18.4 Å². The molecule has 1 amide bonds. The molecule has 1 saturated heterocycles. The monoisotopic (exact) mass is 234 g/mol. The first-order valence-electron chi connectivity index (χ1n) is 5.87. The lowest BCUT2D eigenvalue weighted by atomic mass is 9.97. The van der Waals surface area contributed by atoms with Crippen molar-refractivity contribution in [2.75, 3.05) is 18.8 Å². The minimum absolute atomic E-state index is 0.0112. The van der Waals surface area contributed by atoms with Gasteiger partial charge in [-0.3, -0.25) is 9.69 Å². The number of piperidine rings is 1. The minimum Gasteiger partial charge on any atom is -0.384 e. The highest BCUT2D eigenvalue weighted by Crippen LogP contribution is 2.18. The molecule has 0 aromatic carbocycles. The van der Waals surface area contributed by atoms with E-state index in [0.29, 0.717) is 5.82 Å². The Morgan fingerprint density at radius 3 is 3.12 bits per heavy atom. The maximum absolute atomic E-state index is 11.2. The molecule has 1 atom stereocenters. The molecular weight excluding hydrogens is 216 g/mol. The molecule has 0 aliphatic carbocycles. The summed E-state index contributed by atoms with van der Waals surface area (Å²) >= 11 is 0. The van der Waals surface area contributed by atoms with Gasteiger partial charge in [0.15, 0.2) is 0 Å². The number of rotatable bonds is 3. The number of nitrogen functional groups attached to an aromatic ring is 1. The van der Waals surface area contributed by atoms with Crippen molar-refractivity contribution in [3.63, 3.8) is 0 Å². The van der Waals surface area contributed by atoms with E-state index in [2.05, 4.69) is 9.88 Å². The van der Waals surface area contributed by atoms with E-state index in [1.54, 1.807) is 6.20 Å². The zero-order chi connectivity index (χ0) is 12.3. The van der Waals surface area contributed by atoms with Crippen molar-refractivity contribution in [1.82, 2.24) is 9.88 Å². The summed E-state index contributed by atoms with van der Waals surface area (Å²) in [5.41, 5.74) is 12.1. The molecule has 0 saturated carbocycles. The van der Waals surface area contributed by atoms with E-state index < -0.39 is 0 Å². The van der Waals surface area contributed by atoms with Gasteiger partial charge in [-0.15, -0.1) is 0 Å². The minimum atomic E-state index is -0.191. The van der Waals surface area contributed by atoms with Crippen LogP contribution in [0.15, 0.2) is 18.3 Å². The molecular formula is C12H18N4O. The lowest BCUT2D eigenvalue weighted by Gasteiger charge is -2.31. The average molecular weight is 234 g/mol. The summed E-state index contributed by atoms with van der Waals surface area (Å²) in [6, 6.07) is 3.82. The Morgan fingerprint density at radius 2 is 2.41 bits per heavy atom. The normalized spacial score (nSPS) is 21.3. The second-order valence-corrected chi connectivity index (χ2v) is 4.57. The first kappa shape index (κ1) is 11.9. The largest absolute Gasteiger partial charge is 0.384 e. The summed E-state index contributed by atoms with van der Waals surface area (Å²) in [5, 5.41) is 0. The standard InChI is InChI=1S/C12H18N4O/c13-11-6-9(3-4-15-11)7-16-5-1-2-10(8-16)12(14)17/h3-4,6,10H,1-2,5,7-8H2,(H2,13,15)(H2,14,17). The molecule has 0 bridgehead atoms. The fraction of sp³-hybridized carbons (Fsp3) is 0.500. The van der Waals surface area contributed by atoms with Crippen LogP contribution in [-0.4, -0.2) is 28.9 Å². The van der Waals surface area contributed by atoms with Crippen LogP contribution in [0, 0.1) is 5.92 Å². The number of nitrogens with two attached hydrogens (primary N) is 2. The number of likely N-dealkylation sites (tertiary alicyclic amines) is 1. The molecule has 17 heavy (non-hydrogen) atoms. The predicted molar refractivity (Wildman–Crippen MR) is 65.8 cm³/mol. The van der Waals surface area contributed by atoms with Crippen LogP contribution in [0.4, 0.5) is 5.82 Å². The average Bonchev–Trinajstić information content (AvgIpc) is 2.29. The second kappa shape index (κ2) is 5.14. The van der Waals surface area contributed by atoms with E-state index in [4.69, 9.17) is 11.5 Å². The highest BCUT2D eigenvalue weighted by Gasteiger charge is 2.23. The first-order valence-corrected chi connectivity index (χ1v) is 5.87. The van der Waals surface area contributed by atoms with E-state index in [9.17, 15) is 4.79 Å². The quantitative estimate of drug-likeness (QED) is 0.790. The molecule has 1 aliphatic heterocycles. The summed E-state index contributed by atoms with van der Waals surface area (Å²) in [5.74, 6) is 0.331. The van der Waals surface area contributed by atoms with Crippen molar-refractivity contribution in [3.8, 4) is 0 Å². The maximum Gasteiger partial charge on any atom is 0.221 e. The zero-order valence-electron chi connectivity index (χ0n) is 9.80. The van der Waals surface area contributed by atoms with Crippen molar-refractivity contribution in [2.24, 2.45) is 11.7 Å². The molecule has 2 heterocycles. The van der Waals surface area contributed by atoms with E-state index in [1.165, 1.54) is 0 Å². The number of carbonyl (C=O) groups excluding carboxylic acids is 1. The topological polar surface area (TPSA) is 85.2 Å². The van der Waals surface area contributed by atoms with Gasteiger partial charge in [-0.1, -0.05) is 0 Å². The van der Waals surface area contributed by atoms with Crippen LogP contribution >= 0.6 is 0 Å². The lowest BCUT2D eigenvalue weighted by Crippen LogP contribution is -2.40. The van der Waals surface area contributed by atoms with Gasteiger partial charge in [0.05, 0.1) is 5.92 Å². The first-order chi connectivity index (χ1) is 8.15. The Balaban J connectivity index is 1.97. The van der Waals surface area contributed by atoms with E-state index in [1.807, 2.05) is 12.1 Å². The smallest absolute Gasteiger partial charge is 0.221 e. The molecule has 4 N–H and O–H groups in total. The summed E-state index contributed by atoms with van der Waals surface area (Å²) in [4.78, 5) is 17.4. The molecule has 92 valence electrons. The number of primary amides is 1. The molecule has 5 heteroatoms. The Hall–Kier alpha value is -1.62. The number of anilines is 1. The number of hydrogen-bond acceptors (Lipinski definition) is 4. The predicted octanol–water partition coefficient (Wildman–Crippen LogP) is 0.361. The van der Waals surface area contributed by atoms with Crippen LogP contribution in [0.5, 0.6) is 0 Å². The van der Waals surface area contributed by atoms with Crippen molar-refractivity contribution in [3.05, 3.63) is 23.9 Å². The van der Waals surface area contributed by atoms with Crippen LogP contribution < -0.4 is 11.5 Å². The summed E-state index contributed by atoms with van der Waals surface area (Å²) in [6.45, 7) is 2.56. The SMILES string of the molecule is NC(=O)C1CCCN(Cc2ccnc(N)c2)C1. The highest BCUT2D eigenvalue weighted by atomic mass is 16.1. The summed E-state index contributed by atoms with van der Waals surface area (Å²) < 4.78 is 0. The van der Waals surface area contributed by atoms with Crippen LogP contribution in [-0.2, 0) is 11.3 Å². The molecule has 1 aliphatic rings. The molecule has 5 nitrogen and oxygen atoms in total. The highest BCUT2D eigenvalue weighted by molar-refractivity contribution is 5.76. The fourth-order valence-corrected chi connectivity index (χ4v) is 2.28.